The van der Waals surface area contributed by atoms with Crippen LogP contribution in [-0.2, 0) is 0 Å². The van der Waals surface area contributed by atoms with E-state index < -0.39 is 11.9 Å². The van der Waals surface area contributed by atoms with Crippen LogP contribution in [0.4, 0.5) is 5.69 Å². The van der Waals surface area contributed by atoms with E-state index in [1.165, 1.54) is 24.3 Å². The Kier molecular flexibility index (Phi) is 5.36. The molecule has 5 heteroatoms. The molecule has 0 radical (unpaired) electrons. The summed E-state index contributed by atoms with van der Waals surface area (Å²) in [5.74, 6) is -1.18. The molecule has 0 amide bonds. The molecule has 2 aromatic rings. The number of carboxylic acids is 1. The van der Waals surface area contributed by atoms with Crippen LogP contribution in [-0.4, -0.2) is 30.1 Å². The quantitative estimate of drug-likeness (QED) is 0.653. The van der Waals surface area contributed by atoms with Crippen LogP contribution in [0.3, 0.4) is 0 Å². The third-order valence-electron chi connectivity index (χ3n) is 3.54. The van der Waals surface area contributed by atoms with Crippen molar-refractivity contribution in [3.8, 4) is 5.75 Å². The molecule has 0 saturated carbocycles. The first kappa shape index (κ1) is 16.5. The van der Waals surface area contributed by atoms with Crippen LogP contribution in [0.15, 0.2) is 48.5 Å². The lowest BCUT2D eigenvalue weighted by molar-refractivity contribution is 0.0696. The summed E-state index contributed by atoms with van der Waals surface area (Å²) in [6.07, 6.45) is 0. The van der Waals surface area contributed by atoms with Crippen molar-refractivity contribution in [1.29, 1.82) is 0 Å². The molecule has 0 fully saturated rings. The molecule has 0 saturated heterocycles. The Morgan fingerprint density at radius 3 is 1.91 bits per heavy atom. The van der Waals surface area contributed by atoms with Crippen LogP contribution in [0.25, 0.3) is 0 Å². The molecule has 0 unspecified atom stereocenters. The van der Waals surface area contributed by atoms with Gasteiger partial charge in [0.15, 0.2) is 0 Å². The minimum absolute atomic E-state index is 0.147. The fraction of sp³-hybridized carbons (Fsp3) is 0.222. The number of hydrogen-bond donors (Lipinski definition) is 1. The van der Waals surface area contributed by atoms with E-state index in [1.807, 2.05) is 12.1 Å². The highest BCUT2D eigenvalue weighted by Gasteiger charge is 2.10. The highest BCUT2D eigenvalue weighted by atomic mass is 16.5. The predicted molar refractivity (Wildman–Crippen MR) is 88.4 cm³/mol. The molecule has 0 bridgehead atoms. The van der Waals surface area contributed by atoms with E-state index in [-0.39, 0.29) is 5.56 Å². The Bertz CT molecular complexity index is 673. The van der Waals surface area contributed by atoms with E-state index in [0.29, 0.717) is 11.3 Å². The van der Waals surface area contributed by atoms with E-state index >= 15 is 0 Å². The SMILES string of the molecule is CCN(CC)c1ccc(C(=O)Oc2ccc(C(=O)O)cc2)cc1. The second-order valence-corrected chi connectivity index (χ2v) is 4.94. The van der Waals surface area contributed by atoms with Gasteiger partial charge in [0.05, 0.1) is 11.1 Å². The number of carbonyl (C=O) groups excluding carboxylic acids is 1. The van der Waals surface area contributed by atoms with Crippen molar-refractivity contribution >= 4 is 17.6 Å². The standard InChI is InChI=1S/C18H19NO4/c1-3-19(4-2)15-9-5-14(6-10-15)18(22)23-16-11-7-13(8-12-16)17(20)21/h5-12H,3-4H2,1-2H3,(H,20,21). The van der Waals surface area contributed by atoms with Crippen molar-refractivity contribution < 1.29 is 19.4 Å². The molecule has 0 aliphatic heterocycles. The van der Waals surface area contributed by atoms with E-state index in [0.717, 1.165) is 18.8 Å². The maximum Gasteiger partial charge on any atom is 0.343 e. The highest BCUT2D eigenvalue weighted by Crippen LogP contribution is 2.18. The maximum atomic E-state index is 12.1. The summed E-state index contributed by atoms with van der Waals surface area (Å²) in [5, 5.41) is 8.84. The number of benzene rings is 2. The summed E-state index contributed by atoms with van der Waals surface area (Å²) in [6.45, 7) is 5.95. The molecule has 120 valence electrons. The van der Waals surface area contributed by atoms with Gasteiger partial charge in [-0.1, -0.05) is 0 Å². The van der Waals surface area contributed by atoms with Gasteiger partial charge in [-0.2, -0.15) is 0 Å². The van der Waals surface area contributed by atoms with Gasteiger partial charge in [0.1, 0.15) is 5.75 Å². The number of nitrogens with zero attached hydrogens (tertiary/aromatic N) is 1. The van der Waals surface area contributed by atoms with Crippen LogP contribution in [0.1, 0.15) is 34.6 Å². The average Bonchev–Trinajstić information content (AvgIpc) is 2.57. The van der Waals surface area contributed by atoms with Crippen LogP contribution >= 0.6 is 0 Å². The zero-order valence-corrected chi connectivity index (χ0v) is 13.2. The zero-order valence-electron chi connectivity index (χ0n) is 13.2. The summed E-state index contributed by atoms with van der Waals surface area (Å²) < 4.78 is 5.24. The van der Waals surface area contributed by atoms with E-state index in [2.05, 4.69) is 18.7 Å². The van der Waals surface area contributed by atoms with Crippen LogP contribution in [0.2, 0.25) is 0 Å². The minimum Gasteiger partial charge on any atom is -0.478 e. The van der Waals surface area contributed by atoms with Gasteiger partial charge in [-0.05, 0) is 62.4 Å². The lowest BCUT2D eigenvalue weighted by Crippen LogP contribution is -2.21. The van der Waals surface area contributed by atoms with Gasteiger partial charge in [0.2, 0.25) is 0 Å². The molecule has 0 heterocycles. The summed E-state index contributed by atoms with van der Waals surface area (Å²) in [4.78, 5) is 25.1. The number of hydrogen-bond acceptors (Lipinski definition) is 4. The van der Waals surface area contributed by atoms with Crippen LogP contribution < -0.4 is 9.64 Å². The largest absolute Gasteiger partial charge is 0.478 e. The number of aromatic carboxylic acids is 1. The van der Waals surface area contributed by atoms with Crippen LogP contribution in [0, 0.1) is 0 Å². The minimum atomic E-state index is -1.02. The molecule has 2 aromatic carbocycles. The molecule has 1 N–H and O–H groups in total. The fourth-order valence-corrected chi connectivity index (χ4v) is 2.23. The Hall–Kier alpha value is -2.82. The fourth-order valence-electron chi connectivity index (χ4n) is 2.23. The number of esters is 1. The topological polar surface area (TPSA) is 66.8 Å². The Labute approximate surface area is 135 Å². The lowest BCUT2D eigenvalue weighted by atomic mass is 10.2. The lowest BCUT2D eigenvalue weighted by Gasteiger charge is -2.20. The van der Waals surface area contributed by atoms with Crippen molar-refractivity contribution in [2.45, 2.75) is 13.8 Å². The van der Waals surface area contributed by atoms with E-state index in [9.17, 15) is 9.59 Å². The molecular weight excluding hydrogens is 294 g/mol. The highest BCUT2D eigenvalue weighted by molar-refractivity contribution is 5.92. The number of carbonyl (C=O) groups is 2. The molecule has 2 rings (SSSR count). The summed E-state index contributed by atoms with van der Waals surface area (Å²) >= 11 is 0. The van der Waals surface area contributed by atoms with E-state index in [4.69, 9.17) is 9.84 Å². The summed E-state index contributed by atoms with van der Waals surface area (Å²) in [7, 11) is 0. The van der Waals surface area contributed by atoms with Gasteiger partial charge < -0.3 is 14.7 Å². The van der Waals surface area contributed by atoms with Crippen molar-refractivity contribution in [1.82, 2.24) is 0 Å². The number of ether oxygens (including phenoxy) is 1. The van der Waals surface area contributed by atoms with Gasteiger partial charge in [-0.15, -0.1) is 0 Å². The van der Waals surface area contributed by atoms with Crippen molar-refractivity contribution in [2.75, 3.05) is 18.0 Å². The second-order valence-electron chi connectivity index (χ2n) is 4.94. The molecule has 0 aliphatic carbocycles. The van der Waals surface area contributed by atoms with Gasteiger partial charge in [-0.25, -0.2) is 9.59 Å². The maximum absolute atomic E-state index is 12.1. The van der Waals surface area contributed by atoms with Crippen molar-refractivity contribution in [3.63, 3.8) is 0 Å². The van der Waals surface area contributed by atoms with Crippen molar-refractivity contribution in [3.05, 3.63) is 59.7 Å². The molecule has 0 atom stereocenters. The molecule has 0 spiro atoms. The third-order valence-corrected chi connectivity index (χ3v) is 3.54. The molecule has 5 nitrogen and oxygen atoms in total. The van der Waals surface area contributed by atoms with E-state index in [1.54, 1.807) is 12.1 Å². The third kappa shape index (κ3) is 4.10. The first-order chi connectivity index (χ1) is 11.0. The molecule has 23 heavy (non-hydrogen) atoms. The smallest absolute Gasteiger partial charge is 0.343 e. The molecular formula is C18H19NO4. The average molecular weight is 313 g/mol. The number of carboxylic acid groups (broad SMARTS) is 1. The first-order valence-electron chi connectivity index (χ1n) is 7.45. The second kappa shape index (κ2) is 7.45. The van der Waals surface area contributed by atoms with Gasteiger partial charge >= 0.3 is 11.9 Å². The Morgan fingerprint density at radius 1 is 0.913 bits per heavy atom. The monoisotopic (exact) mass is 313 g/mol. The van der Waals surface area contributed by atoms with Gasteiger partial charge in [0.25, 0.3) is 0 Å². The van der Waals surface area contributed by atoms with Crippen molar-refractivity contribution in [2.24, 2.45) is 0 Å². The van der Waals surface area contributed by atoms with Crippen LogP contribution in [0.5, 0.6) is 5.75 Å². The number of rotatable bonds is 6. The summed E-state index contributed by atoms with van der Waals surface area (Å²) in [5.41, 5.74) is 1.65. The molecule has 0 aliphatic rings. The zero-order chi connectivity index (χ0) is 16.8. The Morgan fingerprint density at radius 2 is 1.43 bits per heavy atom. The van der Waals surface area contributed by atoms with Gasteiger partial charge in [-0.3, -0.25) is 0 Å². The Balaban J connectivity index is 2.07. The summed E-state index contributed by atoms with van der Waals surface area (Å²) in [6, 6.07) is 12.9. The number of anilines is 1. The van der Waals surface area contributed by atoms with Gasteiger partial charge in [0, 0.05) is 18.8 Å². The molecule has 0 aromatic heterocycles. The predicted octanol–water partition coefficient (Wildman–Crippen LogP) is 3.45. The normalized spacial score (nSPS) is 10.2. The first-order valence-corrected chi connectivity index (χ1v) is 7.45.